The van der Waals surface area contributed by atoms with Crippen LogP contribution in [0.1, 0.15) is 24.4 Å². The number of methoxy groups -OCH3 is 1. The Bertz CT molecular complexity index is 617. The summed E-state index contributed by atoms with van der Waals surface area (Å²) in [7, 11) is 1.58. The molecule has 1 unspecified atom stereocenters. The molecular weight excluding hydrogens is 292 g/mol. The molecule has 2 aromatic rings. The average molecular weight is 314 g/mol. The molecule has 0 aliphatic carbocycles. The van der Waals surface area contributed by atoms with Crippen molar-refractivity contribution in [3.8, 4) is 5.75 Å². The van der Waals surface area contributed by atoms with Crippen LogP contribution in [0.2, 0.25) is 0 Å². The Labute approximate surface area is 136 Å². The average Bonchev–Trinajstić information content (AvgIpc) is 2.59. The van der Waals surface area contributed by atoms with Crippen molar-refractivity contribution in [3.05, 3.63) is 60.2 Å². The van der Waals surface area contributed by atoms with Gasteiger partial charge in [0.25, 0.3) is 0 Å². The van der Waals surface area contributed by atoms with Crippen LogP contribution in [0.15, 0.2) is 54.6 Å². The molecule has 0 fully saturated rings. The lowest BCUT2D eigenvalue weighted by Gasteiger charge is -2.19. The second-order valence-corrected chi connectivity index (χ2v) is 5.16. The highest BCUT2D eigenvalue weighted by atomic mass is 16.5. The van der Waals surface area contributed by atoms with Gasteiger partial charge in [-0.05, 0) is 30.5 Å². The molecule has 3 N–H and O–H groups in total. The number of anilines is 1. The van der Waals surface area contributed by atoms with E-state index in [1.807, 2.05) is 42.5 Å². The molecule has 0 bridgehead atoms. The number of hydrogen-bond donors (Lipinski definition) is 3. The van der Waals surface area contributed by atoms with E-state index in [2.05, 4.69) is 10.6 Å². The quantitative estimate of drug-likeness (QED) is 0.734. The molecular formula is C18H22N2O3. The smallest absolute Gasteiger partial charge is 0.319 e. The van der Waals surface area contributed by atoms with Crippen molar-refractivity contribution in [2.24, 2.45) is 0 Å². The molecule has 0 aliphatic rings. The highest BCUT2D eigenvalue weighted by Gasteiger charge is 2.14. The molecule has 2 amide bonds. The Morgan fingerprint density at radius 2 is 1.96 bits per heavy atom. The van der Waals surface area contributed by atoms with Gasteiger partial charge in [0.15, 0.2) is 0 Å². The summed E-state index contributed by atoms with van der Waals surface area (Å²) < 4.78 is 5.14. The third kappa shape index (κ3) is 5.30. The van der Waals surface area contributed by atoms with Crippen LogP contribution in [-0.4, -0.2) is 24.9 Å². The maximum Gasteiger partial charge on any atom is 0.319 e. The Hall–Kier alpha value is -2.53. The summed E-state index contributed by atoms with van der Waals surface area (Å²) in [5.41, 5.74) is 1.68. The molecule has 2 rings (SSSR count). The molecule has 2 aromatic carbocycles. The van der Waals surface area contributed by atoms with Crippen molar-refractivity contribution in [1.82, 2.24) is 5.32 Å². The second-order valence-electron chi connectivity index (χ2n) is 5.16. The maximum absolute atomic E-state index is 12.2. The van der Waals surface area contributed by atoms with Crippen LogP contribution >= 0.6 is 0 Å². The van der Waals surface area contributed by atoms with Gasteiger partial charge >= 0.3 is 6.03 Å². The van der Waals surface area contributed by atoms with Crippen LogP contribution in [0.5, 0.6) is 5.75 Å². The number of urea groups is 1. The summed E-state index contributed by atoms with van der Waals surface area (Å²) >= 11 is 0. The van der Waals surface area contributed by atoms with Crippen LogP contribution in [-0.2, 0) is 0 Å². The van der Waals surface area contributed by atoms with Gasteiger partial charge in [0.05, 0.1) is 13.2 Å². The van der Waals surface area contributed by atoms with Crippen LogP contribution in [0.3, 0.4) is 0 Å². The predicted octanol–water partition coefficient (Wildman–Crippen LogP) is 3.33. The summed E-state index contributed by atoms with van der Waals surface area (Å²) in [6, 6.07) is 16.5. The van der Waals surface area contributed by atoms with E-state index in [4.69, 9.17) is 9.84 Å². The summed E-state index contributed by atoms with van der Waals surface area (Å²) in [5, 5.41) is 14.8. The normalized spacial score (nSPS) is 11.6. The Balaban J connectivity index is 2.02. The number of carbonyl (C=O) groups is 1. The Kier molecular flexibility index (Phi) is 6.44. The van der Waals surface area contributed by atoms with E-state index in [1.54, 1.807) is 19.2 Å². The number of hydrogen-bond acceptors (Lipinski definition) is 3. The van der Waals surface area contributed by atoms with E-state index < -0.39 is 0 Å². The van der Waals surface area contributed by atoms with Gasteiger partial charge in [0.2, 0.25) is 0 Å². The van der Waals surface area contributed by atoms with Crippen LogP contribution < -0.4 is 15.4 Å². The molecule has 0 spiro atoms. The number of ether oxygens (including phenoxy) is 1. The Morgan fingerprint density at radius 1 is 1.17 bits per heavy atom. The highest BCUT2D eigenvalue weighted by Crippen LogP contribution is 2.20. The molecule has 0 heterocycles. The van der Waals surface area contributed by atoms with Crippen molar-refractivity contribution in [3.63, 3.8) is 0 Å². The van der Waals surface area contributed by atoms with Crippen molar-refractivity contribution in [2.45, 2.75) is 18.9 Å². The third-order valence-corrected chi connectivity index (χ3v) is 3.49. The van der Waals surface area contributed by atoms with Gasteiger partial charge in [0.1, 0.15) is 5.75 Å². The topological polar surface area (TPSA) is 70.6 Å². The minimum Gasteiger partial charge on any atom is -0.497 e. The first-order valence-electron chi connectivity index (χ1n) is 7.60. The molecule has 0 saturated carbocycles. The third-order valence-electron chi connectivity index (χ3n) is 3.49. The van der Waals surface area contributed by atoms with Crippen molar-refractivity contribution in [2.75, 3.05) is 19.0 Å². The standard InChI is InChI=1S/C18H22N2O3/c1-23-16-10-5-9-15(13-16)19-18(22)20-17(11-6-12-21)14-7-3-2-4-8-14/h2-5,7-10,13,17,21H,6,11-12H2,1H3,(H2,19,20,22). The fourth-order valence-electron chi connectivity index (χ4n) is 2.33. The molecule has 0 aromatic heterocycles. The zero-order valence-electron chi connectivity index (χ0n) is 13.2. The second kappa shape index (κ2) is 8.80. The first kappa shape index (κ1) is 16.8. The molecule has 0 saturated heterocycles. The van der Waals surface area contributed by atoms with Gasteiger partial charge in [-0.3, -0.25) is 0 Å². The van der Waals surface area contributed by atoms with E-state index in [-0.39, 0.29) is 18.7 Å². The van der Waals surface area contributed by atoms with E-state index in [0.717, 1.165) is 5.56 Å². The van der Waals surface area contributed by atoms with Crippen LogP contribution in [0.25, 0.3) is 0 Å². The largest absolute Gasteiger partial charge is 0.497 e. The summed E-state index contributed by atoms with van der Waals surface area (Å²) in [6.07, 6.45) is 1.30. The number of carbonyl (C=O) groups excluding carboxylic acids is 1. The number of rotatable bonds is 7. The lowest BCUT2D eigenvalue weighted by atomic mass is 10.0. The molecule has 0 radical (unpaired) electrons. The van der Waals surface area contributed by atoms with Crippen molar-refractivity contribution in [1.29, 1.82) is 0 Å². The predicted molar refractivity (Wildman–Crippen MR) is 90.7 cm³/mol. The monoisotopic (exact) mass is 314 g/mol. The number of aliphatic hydroxyl groups is 1. The molecule has 122 valence electrons. The fourth-order valence-corrected chi connectivity index (χ4v) is 2.33. The molecule has 5 heteroatoms. The fraction of sp³-hybridized carbons (Fsp3) is 0.278. The Morgan fingerprint density at radius 3 is 2.65 bits per heavy atom. The van der Waals surface area contributed by atoms with E-state index in [9.17, 15) is 4.79 Å². The molecule has 0 aliphatic heterocycles. The number of nitrogens with one attached hydrogen (secondary N) is 2. The van der Waals surface area contributed by atoms with Crippen molar-refractivity contribution < 1.29 is 14.6 Å². The lowest BCUT2D eigenvalue weighted by Crippen LogP contribution is -2.32. The summed E-state index contributed by atoms with van der Waals surface area (Å²) in [6.45, 7) is 0.0997. The SMILES string of the molecule is COc1cccc(NC(=O)NC(CCCO)c2ccccc2)c1. The summed E-state index contributed by atoms with van der Waals surface area (Å²) in [5.74, 6) is 0.683. The van der Waals surface area contributed by atoms with E-state index in [0.29, 0.717) is 24.3 Å². The molecule has 5 nitrogen and oxygen atoms in total. The van der Waals surface area contributed by atoms with Crippen LogP contribution in [0.4, 0.5) is 10.5 Å². The minimum atomic E-state index is -0.287. The van der Waals surface area contributed by atoms with Gasteiger partial charge < -0.3 is 20.5 Å². The first-order valence-corrected chi connectivity index (χ1v) is 7.60. The van der Waals surface area contributed by atoms with Gasteiger partial charge in [-0.15, -0.1) is 0 Å². The van der Waals surface area contributed by atoms with Crippen molar-refractivity contribution >= 4 is 11.7 Å². The number of benzene rings is 2. The summed E-state index contributed by atoms with van der Waals surface area (Å²) in [4.78, 5) is 12.2. The zero-order chi connectivity index (χ0) is 16.5. The van der Waals surface area contributed by atoms with Crippen LogP contribution in [0, 0.1) is 0 Å². The zero-order valence-corrected chi connectivity index (χ0v) is 13.2. The van der Waals surface area contributed by atoms with E-state index in [1.165, 1.54) is 0 Å². The van der Waals surface area contributed by atoms with Gasteiger partial charge in [-0.25, -0.2) is 4.79 Å². The first-order chi connectivity index (χ1) is 11.2. The minimum absolute atomic E-state index is 0.0997. The highest BCUT2D eigenvalue weighted by molar-refractivity contribution is 5.89. The van der Waals surface area contributed by atoms with E-state index >= 15 is 0 Å². The lowest BCUT2D eigenvalue weighted by molar-refractivity contribution is 0.244. The van der Waals surface area contributed by atoms with Gasteiger partial charge in [-0.2, -0.15) is 0 Å². The number of amides is 2. The van der Waals surface area contributed by atoms with Gasteiger partial charge in [0, 0.05) is 18.4 Å². The maximum atomic E-state index is 12.2. The number of aliphatic hydroxyl groups excluding tert-OH is 1. The van der Waals surface area contributed by atoms with Gasteiger partial charge in [-0.1, -0.05) is 36.4 Å². The molecule has 23 heavy (non-hydrogen) atoms. The molecule has 1 atom stereocenters.